The first-order valence-electron chi connectivity index (χ1n) is 7.67. The van der Waals surface area contributed by atoms with E-state index in [-0.39, 0.29) is 17.7 Å². The highest BCUT2D eigenvalue weighted by atomic mass is 16.5. The second-order valence-corrected chi connectivity index (χ2v) is 6.34. The van der Waals surface area contributed by atoms with Crippen LogP contribution in [0.25, 0.3) is 5.65 Å². The molecule has 3 heterocycles. The van der Waals surface area contributed by atoms with Crippen molar-refractivity contribution in [3.8, 4) is 0 Å². The van der Waals surface area contributed by atoms with Crippen molar-refractivity contribution in [2.24, 2.45) is 0 Å². The molecule has 0 spiro atoms. The molecular weight excluding hydrogens is 280 g/mol. The van der Waals surface area contributed by atoms with Crippen LogP contribution in [0.4, 0.5) is 10.5 Å². The molecule has 22 heavy (non-hydrogen) atoms. The average Bonchev–Trinajstić information content (AvgIpc) is 2.92. The van der Waals surface area contributed by atoms with Gasteiger partial charge in [0.1, 0.15) is 5.65 Å². The number of anilines is 1. The highest BCUT2D eigenvalue weighted by molar-refractivity contribution is 5.89. The van der Waals surface area contributed by atoms with E-state index in [1.807, 2.05) is 28.9 Å². The molecule has 6 heteroatoms. The SMILES string of the molecule is CC1(C)CCCC(CNC(=O)Nc2ccc3nccn3c2)O1. The van der Waals surface area contributed by atoms with Crippen LogP contribution in [0.5, 0.6) is 0 Å². The van der Waals surface area contributed by atoms with Crippen LogP contribution < -0.4 is 10.6 Å². The molecule has 0 saturated carbocycles. The number of carbonyl (C=O) groups excluding carboxylic acids is 1. The fourth-order valence-electron chi connectivity index (χ4n) is 2.84. The highest BCUT2D eigenvalue weighted by Crippen LogP contribution is 2.27. The van der Waals surface area contributed by atoms with Gasteiger partial charge in [0.25, 0.3) is 0 Å². The third kappa shape index (κ3) is 3.57. The minimum Gasteiger partial charge on any atom is -0.371 e. The number of imidazole rings is 1. The third-order valence-corrected chi connectivity index (χ3v) is 3.93. The molecule has 2 aromatic rings. The molecule has 1 fully saturated rings. The molecule has 118 valence electrons. The molecule has 1 atom stereocenters. The highest BCUT2D eigenvalue weighted by Gasteiger charge is 2.28. The maximum atomic E-state index is 12.0. The number of nitrogens with zero attached hydrogens (tertiary/aromatic N) is 2. The summed E-state index contributed by atoms with van der Waals surface area (Å²) in [6.07, 6.45) is 8.69. The summed E-state index contributed by atoms with van der Waals surface area (Å²) in [6, 6.07) is 3.48. The number of fused-ring (bicyclic) bond motifs is 1. The van der Waals surface area contributed by atoms with E-state index in [9.17, 15) is 4.79 Å². The molecule has 0 aliphatic carbocycles. The first-order valence-corrected chi connectivity index (χ1v) is 7.67. The minimum absolute atomic E-state index is 0.0885. The van der Waals surface area contributed by atoms with Crippen LogP contribution in [0.1, 0.15) is 33.1 Å². The van der Waals surface area contributed by atoms with E-state index in [1.165, 1.54) is 0 Å². The molecular formula is C16H22N4O2. The Balaban J connectivity index is 1.51. The van der Waals surface area contributed by atoms with Gasteiger partial charge in [0.15, 0.2) is 0 Å². The zero-order valence-corrected chi connectivity index (χ0v) is 13.0. The van der Waals surface area contributed by atoms with Crippen LogP contribution in [0.15, 0.2) is 30.7 Å². The van der Waals surface area contributed by atoms with Crippen molar-refractivity contribution >= 4 is 17.4 Å². The van der Waals surface area contributed by atoms with E-state index in [1.54, 1.807) is 6.20 Å². The fourth-order valence-corrected chi connectivity index (χ4v) is 2.84. The number of nitrogens with one attached hydrogen (secondary N) is 2. The Bertz CT molecular complexity index is 665. The molecule has 6 nitrogen and oxygen atoms in total. The van der Waals surface area contributed by atoms with Crippen molar-refractivity contribution in [1.82, 2.24) is 14.7 Å². The van der Waals surface area contributed by atoms with Crippen LogP contribution in [0, 0.1) is 0 Å². The number of rotatable bonds is 3. The predicted molar refractivity (Wildman–Crippen MR) is 85.0 cm³/mol. The normalized spacial score (nSPS) is 20.7. The van der Waals surface area contributed by atoms with Crippen LogP contribution in [0.3, 0.4) is 0 Å². The summed E-state index contributed by atoms with van der Waals surface area (Å²) < 4.78 is 7.83. The van der Waals surface area contributed by atoms with Crippen molar-refractivity contribution in [2.75, 3.05) is 11.9 Å². The number of pyridine rings is 1. The zero-order chi connectivity index (χ0) is 15.6. The number of urea groups is 1. The summed E-state index contributed by atoms with van der Waals surface area (Å²) in [5.41, 5.74) is 1.49. The fraction of sp³-hybridized carbons (Fsp3) is 0.500. The van der Waals surface area contributed by atoms with E-state index in [0.717, 1.165) is 30.6 Å². The Labute approximate surface area is 129 Å². The zero-order valence-electron chi connectivity index (χ0n) is 13.0. The van der Waals surface area contributed by atoms with Crippen molar-refractivity contribution in [3.05, 3.63) is 30.7 Å². The van der Waals surface area contributed by atoms with Gasteiger partial charge >= 0.3 is 6.03 Å². The number of hydrogen-bond donors (Lipinski definition) is 2. The molecule has 1 saturated heterocycles. The van der Waals surface area contributed by atoms with E-state index in [2.05, 4.69) is 29.5 Å². The topological polar surface area (TPSA) is 67.7 Å². The van der Waals surface area contributed by atoms with Crippen LogP contribution in [0.2, 0.25) is 0 Å². The molecule has 1 aliphatic heterocycles. The van der Waals surface area contributed by atoms with Crippen LogP contribution in [-0.4, -0.2) is 33.7 Å². The summed E-state index contributed by atoms with van der Waals surface area (Å²) in [5, 5.41) is 5.71. The van der Waals surface area contributed by atoms with Gasteiger partial charge in [-0.15, -0.1) is 0 Å². The molecule has 2 N–H and O–H groups in total. The van der Waals surface area contributed by atoms with Crippen LogP contribution in [-0.2, 0) is 4.74 Å². The van der Waals surface area contributed by atoms with Gasteiger partial charge in [-0.05, 0) is 45.2 Å². The largest absolute Gasteiger partial charge is 0.371 e. The molecule has 2 aromatic heterocycles. The van der Waals surface area contributed by atoms with Crippen molar-refractivity contribution in [3.63, 3.8) is 0 Å². The summed E-state index contributed by atoms with van der Waals surface area (Å²) in [5.74, 6) is 0. The molecule has 0 aromatic carbocycles. The van der Waals surface area contributed by atoms with E-state index >= 15 is 0 Å². The number of carbonyl (C=O) groups is 1. The van der Waals surface area contributed by atoms with Crippen molar-refractivity contribution < 1.29 is 9.53 Å². The number of ether oxygens (including phenoxy) is 1. The van der Waals surface area contributed by atoms with Gasteiger partial charge in [0.2, 0.25) is 0 Å². The molecule has 0 bridgehead atoms. The maximum absolute atomic E-state index is 12.0. The lowest BCUT2D eigenvalue weighted by Crippen LogP contribution is -2.43. The summed E-state index contributed by atoms with van der Waals surface area (Å²) >= 11 is 0. The lowest BCUT2D eigenvalue weighted by Gasteiger charge is -2.36. The Morgan fingerprint density at radius 2 is 2.36 bits per heavy atom. The molecule has 1 aliphatic rings. The molecule has 0 radical (unpaired) electrons. The number of aromatic nitrogens is 2. The molecule has 1 unspecified atom stereocenters. The van der Waals surface area contributed by atoms with Crippen LogP contribution >= 0.6 is 0 Å². The van der Waals surface area contributed by atoms with E-state index < -0.39 is 0 Å². The Morgan fingerprint density at radius 1 is 1.50 bits per heavy atom. The monoisotopic (exact) mass is 302 g/mol. The van der Waals surface area contributed by atoms with Gasteiger partial charge in [0.05, 0.1) is 17.4 Å². The smallest absolute Gasteiger partial charge is 0.319 e. The van der Waals surface area contributed by atoms with Gasteiger partial charge in [-0.2, -0.15) is 0 Å². The van der Waals surface area contributed by atoms with Gasteiger partial charge in [0, 0.05) is 25.1 Å². The van der Waals surface area contributed by atoms with Crippen molar-refractivity contribution in [2.45, 2.75) is 44.8 Å². The number of hydrogen-bond acceptors (Lipinski definition) is 3. The lowest BCUT2D eigenvalue weighted by atomic mass is 9.95. The van der Waals surface area contributed by atoms with E-state index in [0.29, 0.717) is 6.54 Å². The Kier molecular flexibility index (Phi) is 4.02. The van der Waals surface area contributed by atoms with E-state index in [4.69, 9.17) is 4.74 Å². The first kappa shape index (κ1) is 14.8. The summed E-state index contributed by atoms with van der Waals surface area (Å²) in [6.45, 7) is 4.72. The second kappa shape index (κ2) is 5.96. The maximum Gasteiger partial charge on any atom is 0.319 e. The third-order valence-electron chi connectivity index (χ3n) is 3.93. The lowest BCUT2D eigenvalue weighted by molar-refractivity contribution is -0.103. The Morgan fingerprint density at radius 3 is 3.18 bits per heavy atom. The quantitative estimate of drug-likeness (QED) is 0.916. The minimum atomic E-state index is -0.216. The van der Waals surface area contributed by atoms with Gasteiger partial charge < -0.3 is 19.8 Å². The van der Waals surface area contributed by atoms with Crippen molar-refractivity contribution in [1.29, 1.82) is 0 Å². The van der Waals surface area contributed by atoms with Gasteiger partial charge in [-0.1, -0.05) is 0 Å². The summed E-state index contributed by atoms with van der Waals surface area (Å²) in [7, 11) is 0. The second-order valence-electron chi connectivity index (χ2n) is 6.34. The van der Waals surface area contributed by atoms with Gasteiger partial charge in [-0.3, -0.25) is 0 Å². The molecule has 3 rings (SSSR count). The first-order chi connectivity index (χ1) is 10.5. The Hall–Kier alpha value is -2.08. The average molecular weight is 302 g/mol. The number of amides is 2. The predicted octanol–water partition coefficient (Wildman–Crippen LogP) is 2.80. The van der Waals surface area contributed by atoms with Gasteiger partial charge in [-0.25, -0.2) is 9.78 Å². The summed E-state index contributed by atoms with van der Waals surface area (Å²) in [4.78, 5) is 16.2. The standard InChI is InChI=1S/C16H22N4O2/c1-16(2)7-3-4-13(22-16)10-18-15(21)19-12-5-6-14-17-8-9-20(14)11-12/h5-6,8-9,11,13H,3-4,7,10H2,1-2H3,(H2,18,19,21). The molecule has 2 amide bonds.